The van der Waals surface area contributed by atoms with E-state index in [1.54, 1.807) is 0 Å². The van der Waals surface area contributed by atoms with E-state index in [9.17, 15) is 13.2 Å². The first-order valence-electron chi connectivity index (χ1n) is 5.34. The van der Waals surface area contributed by atoms with E-state index >= 15 is 0 Å². The van der Waals surface area contributed by atoms with Crippen molar-refractivity contribution < 1.29 is 13.2 Å². The van der Waals surface area contributed by atoms with Crippen LogP contribution in [-0.2, 0) is 0 Å². The van der Waals surface area contributed by atoms with E-state index in [1.165, 1.54) is 0 Å². The Bertz CT molecular complexity index is 161. The first kappa shape index (κ1) is 15.1. The van der Waals surface area contributed by atoms with E-state index in [1.807, 2.05) is 20.8 Å². The highest BCUT2D eigenvalue weighted by Crippen LogP contribution is 2.32. The molecule has 0 radical (unpaired) electrons. The summed E-state index contributed by atoms with van der Waals surface area (Å²) in [6, 6.07) is 0.300. The van der Waals surface area contributed by atoms with Gasteiger partial charge in [0.2, 0.25) is 0 Å². The monoisotopic (exact) mass is 243 g/mol. The Morgan fingerprint density at radius 1 is 1.27 bits per heavy atom. The number of halogens is 3. The summed E-state index contributed by atoms with van der Waals surface area (Å²) in [5.41, 5.74) is -4.08. The zero-order chi connectivity index (χ0) is 11.9. The van der Waals surface area contributed by atoms with Gasteiger partial charge in [0.05, 0.1) is 0 Å². The minimum Gasteiger partial charge on any atom is -0.314 e. The lowest BCUT2D eigenvalue weighted by atomic mass is 9.95. The molecule has 0 spiro atoms. The Morgan fingerprint density at radius 3 is 2.27 bits per heavy atom. The zero-order valence-corrected chi connectivity index (χ0v) is 10.3. The zero-order valence-electron chi connectivity index (χ0n) is 9.53. The average Bonchev–Trinajstić information content (AvgIpc) is 2.11. The van der Waals surface area contributed by atoms with Crippen LogP contribution < -0.4 is 5.32 Å². The van der Waals surface area contributed by atoms with E-state index in [2.05, 4.69) is 5.32 Å². The molecule has 0 rings (SSSR count). The quantitative estimate of drug-likeness (QED) is 0.732. The van der Waals surface area contributed by atoms with Crippen molar-refractivity contribution in [3.05, 3.63) is 0 Å². The van der Waals surface area contributed by atoms with Gasteiger partial charge in [-0.25, -0.2) is 0 Å². The maximum atomic E-state index is 11.9. The molecule has 92 valence electrons. The fraction of sp³-hybridized carbons (Fsp3) is 1.00. The van der Waals surface area contributed by atoms with Gasteiger partial charge >= 0.3 is 5.51 Å². The number of alkyl halides is 3. The standard InChI is InChI=1S/C10H20F3NS/c1-4-9(8(3)14-5-2)6-7-15-10(11,12)13/h8-9,14H,4-7H2,1-3H3. The molecule has 0 aliphatic heterocycles. The van der Waals surface area contributed by atoms with Crippen molar-refractivity contribution in [2.75, 3.05) is 12.3 Å². The highest BCUT2D eigenvalue weighted by atomic mass is 32.2. The summed E-state index contributed by atoms with van der Waals surface area (Å²) in [7, 11) is 0. The topological polar surface area (TPSA) is 12.0 Å². The highest BCUT2D eigenvalue weighted by Gasteiger charge is 2.28. The van der Waals surface area contributed by atoms with Gasteiger partial charge in [0, 0.05) is 11.8 Å². The van der Waals surface area contributed by atoms with E-state index in [4.69, 9.17) is 0 Å². The number of nitrogens with one attached hydrogen (secondary N) is 1. The SMILES string of the molecule is CCNC(C)C(CC)CCSC(F)(F)F. The van der Waals surface area contributed by atoms with Crippen LogP contribution in [0.15, 0.2) is 0 Å². The van der Waals surface area contributed by atoms with Gasteiger partial charge in [-0.15, -0.1) is 0 Å². The van der Waals surface area contributed by atoms with Crippen LogP contribution in [0.5, 0.6) is 0 Å². The summed E-state index contributed by atoms with van der Waals surface area (Å²) in [6.45, 7) is 6.93. The Morgan fingerprint density at radius 2 is 1.87 bits per heavy atom. The molecule has 0 saturated heterocycles. The lowest BCUT2D eigenvalue weighted by Crippen LogP contribution is -2.33. The first-order valence-corrected chi connectivity index (χ1v) is 6.33. The van der Waals surface area contributed by atoms with Crippen LogP contribution in [-0.4, -0.2) is 23.8 Å². The average molecular weight is 243 g/mol. The molecule has 0 heterocycles. The van der Waals surface area contributed by atoms with E-state index in [0.717, 1.165) is 13.0 Å². The molecule has 1 nitrogen and oxygen atoms in total. The molecular weight excluding hydrogens is 223 g/mol. The number of thioether (sulfide) groups is 1. The second-order valence-electron chi connectivity index (χ2n) is 3.60. The highest BCUT2D eigenvalue weighted by molar-refractivity contribution is 8.00. The lowest BCUT2D eigenvalue weighted by molar-refractivity contribution is -0.0328. The summed E-state index contributed by atoms with van der Waals surface area (Å²) < 4.78 is 35.7. The minimum atomic E-state index is -4.08. The van der Waals surface area contributed by atoms with Gasteiger partial charge in [-0.05, 0) is 25.8 Å². The normalized spacial score (nSPS) is 16.4. The molecule has 0 aromatic heterocycles. The minimum absolute atomic E-state index is 0.0850. The maximum absolute atomic E-state index is 11.9. The third-order valence-corrected chi connectivity index (χ3v) is 3.28. The van der Waals surface area contributed by atoms with Crippen LogP contribution in [0.25, 0.3) is 0 Å². The van der Waals surface area contributed by atoms with Gasteiger partial charge in [-0.2, -0.15) is 13.2 Å². The van der Waals surface area contributed by atoms with E-state index < -0.39 is 5.51 Å². The van der Waals surface area contributed by atoms with Crippen molar-refractivity contribution in [2.24, 2.45) is 5.92 Å². The number of rotatable bonds is 7. The third kappa shape index (κ3) is 7.96. The Kier molecular flexibility index (Phi) is 7.44. The molecule has 1 N–H and O–H groups in total. The van der Waals surface area contributed by atoms with Crippen molar-refractivity contribution in [3.63, 3.8) is 0 Å². The molecular formula is C10H20F3NS. The van der Waals surface area contributed by atoms with Crippen molar-refractivity contribution in [2.45, 2.75) is 45.2 Å². The van der Waals surface area contributed by atoms with Gasteiger partial charge in [0.25, 0.3) is 0 Å². The van der Waals surface area contributed by atoms with E-state index in [-0.39, 0.29) is 17.5 Å². The van der Waals surface area contributed by atoms with Gasteiger partial charge < -0.3 is 5.32 Å². The van der Waals surface area contributed by atoms with Crippen LogP contribution >= 0.6 is 11.8 Å². The van der Waals surface area contributed by atoms with Crippen LogP contribution in [0.4, 0.5) is 13.2 Å². The second kappa shape index (κ2) is 7.39. The van der Waals surface area contributed by atoms with Gasteiger partial charge in [-0.3, -0.25) is 0 Å². The molecule has 0 amide bonds. The Balaban J connectivity index is 3.80. The molecule has 2 atom stereocenters. The van der Waals surface area contributed by atoms with Gasteiger partial charge in [-0.1, -0.05) is 32.0 Å². The largest absolute Gasteiger partial charge is 0.441 e. The van der Waals surface area contributed by atoms with Crippen LogP contribution in [0.3, 0.4) is 0 Å². The fourth-order valence-corrected chi connectivity index (χ4v) is 2.27. The third-order valence-electron chi connectivity index (χ3n) is 2.51. The summed E-state index contributed by atoms with van der Waals surface area (Å²) in [5.74, 6) is 0.498. The lowest BCUT2D eigenvalue weighted by Gasteiger charge is -2.23. The summed E-state index contributed by atoms with van der Waals surface area (Å²) in [6.07, 6.45) is 1.54. The molecule has 0 saturated carbocycles. The van der Waals surface area contributed by atoms with E-state index in [0.29, 0.717) is 18.4 Å². The first-order chi connectivity index (χ1) is 6.90. The molecule has 0 fully saturated rings. The predicted octanol–water partition coefficient (Wildman–Crippen LogP) is 3.65. The number of hydrogen-bond acceptors (Lipinski definition) is 2. The van der Waals surface area contributed by atoms with Crippen LogP contribution in [0.2, 0.25) is 0 Å². The Labute approximate surface area is 94.2 Å². The molecule has 0 aliphatic rings. The van der Waals surface area contributed by atoms with Crippen molar-refractivity contribution in [1.29, 1.82) is 0 Å². The molecule has 0 aromatic carbocycles. The van der Waals surface area contributed by atoms with Crippen LogP contribution in [0.1, 0.15) is 33.6 Å². The second-order valence-corrected chi connectivity index (χ2v) is 4.76. The predicted molar refractivity (Wildman–Crippen MR) is 60.0 cm³/mol. The molecule has 2 unspecified atom stereocenters. The molecule has 5 heteroatoms. The van der Waals surface area contributed by atoms with Gasteiger partial charge in [0.15, 0.2) is 0 Å². The Hall–Kier alpha value is 0.100. The molecule has 0 bridgehead atoms. The van der Waals surface area contributed by atoms with Crippen LogP contribution in [0, 0.1) is 5.92 Å². The fourth-order valence-electron chi connectivity index (χ4n) is 1.62. The smallest absolute Gasteiger partial charge is 0.314 e. The summed E-state index contributed by atoms with van der Waals surface area (Å²) in [4.78, 5) is 0. The summed E-state index contributed by atoms with van der Waals surface area (Å²) >= 11 is 0.0850. The maximum Gasteiger partial charge on any atom is 0.441 e. The molecule has 15 heavy (non-hydrogen) atoms. The van der Waals surface area contributed by atoms with Crippen molar-refractivity contribution in [3.8, 4) is 0 Å². The van der Waals surface area contributed by atoms with Crippen molar-refractivity contribution >= 4 is 11.8 Å². The van der Waals surface area contributed by atoms with Crippen molar-refractivity contribution in [1.82, 2.24) is 5.32 Å². The molecule has 0 aromatic rings. The summed E-state index contributed by atoms with van der Waals surface area (Å²) in [5, 5.41) is 3.25. The van der Waals surface area contributed by atoms with Gasteiger partial charge in [0.1, 0.15) is 0 Å². The molecule has 0 aliphatic carbocycles. The number of hydrogen-bond donors (Lipinski definition) is 1.